The maximum absolute atomic E-state index is 14.6. The number of methoxy groups -OCH3 is 1. The molecule has 1 aliphatic rings. The fourth-order valence-electron chi connectivity index (χ4n) is 4.09. The standard InChI is InChI=1S/C23H21FN6O3/c1-30-19(8-18(29-30)22(25)31)15-10-28-23(16-11-26-21(32-2)7-13(15)16)27-9-14-12-5-6-33-20(12)4-3-17(14)24/h3-4,7-8,10-11H,5-6,9H2,1-2H3,(H2,25,31)(H,27,28). The number of hydrogen-bond acceptors (Lipinski definition) is 7. The van der Waals surface area contributed by atoms with E-state index < -0.39 is 5.91 Å². The molecular weight excluding hydrogens is 427 g/mol. The number of rotatable bonds is 6. The van der Waals surface area contributed by atoms with Crippen molar-refractivity contribution in [1.82, 2.24) is 19.7 Å². The minimum Gasteiger partial charge on any atom is -0.493 e. The molecule has 0 aliphatic carbocycles. The van der Waals surface area contributed by atoms with E-state index in [2.05, 4.69) is 20.4 Å². The number of amides is 1. The van der Waals surface area contributed by atoms with Crippen LogP contribution in [0.25, 0.3) is 22.0 Å². The molecule has 168 valence electrons. The second-order valence-electron chi connectivity index (χ2n) is 7.65. The molecule has 0 spiro atoms. The van der Waals surface area contributed by atoms with Crippen molar-refractivity contribution in [2.75, 3.05) is 19.0 Å². The summed E-state index contributed by atoms with van der Waals surface area (Å²) in [5.41, 5.74) is 8.35. The van der Waals surface area contributed by atoms with Gasteiger partial charge in [0.1, 0.15) is 17.4 Å². The highest BCUT2D eigenvalue weighted by molar-refractivity contribution is 6.02. The Kier molecular flexibility index (Phi) is 5.04. The van der Waals surface area contributed by atoms with Gasteiger partial charge < -0.3 is 20.5 Å². The van der Waals surface area contributed by atoms with Gasteiger partial charge in [-0.3, -0.25) is 9.48 Å². The van der Waals surface area contributed by atoms with E-state index in [1.165, 1.54) is 13.2 Å². The van der Waals surface area contributed by atoms with Gasteiger partial charge in [-0.1, -0.05) is 0 Å². The molecule has 0 unspecified atom stereocenters. The number of halogens is 1. The fourth-order valence-corrected chi connectivity index (χ4v) is 4.09. The van der Waals surface area contributed by atoms with E-state index in [9.17, 15) is 9.18 Å². The highest BCUT2D eigenvalue weighted by Crippen LogP contribution is 2.35. The van der Waals surface area contributed by atoms with Gasteiger partial charge >= 0.3 is 0 Å². The number of primary amides is 1. The number of nitrogens with zero attached hydrogens (tertiary/aromatic N) is 4. The molecule has 0 atom stereocenters. The zero-order chi connectivity index (χ0) is 23.1. The van der Waals surface area contributed by atoms with Crippen LogP contribution in [0.3, 0.4) is 0 Å². The number of nitrogens with one attached hydrogen (secondary N) is 1. The smallest absolute Gasteiger partial charge is 0.269 e. The average molecular weight is 448 g/mol. The predicted molar refractivity (Wildman–Crippen MR) is 120 cm³/mol. The van der Waals surface area contributed by atoms with Crippen molar-refractivity contribution in [2.24, 2.45) is 12.8 Å². The van der Waals surface area contributed by atoms with Gasteiger partial charge in [-0.25, -0.2) is 14.4 Å². The molecule has 0 saturated carbocycles. The first-order valence-electron chi connectivity index (χ1n) is 10.3. The summed E-state index contributed by atoms with van der Waals surface area (Å²) >= 11 is 0. The van der Waals surface area contributed by atoms with Crippen LogP contribution in [-0.4, -0.2) is 39.4 Å². The van der Waals surface area contributed by atoms with E-state index in [4.69, 9.17) is 15.2 Å². The van der Waals surface area contributed by atoms with Crippen LogP contribution in [0.2, 0.25) is 0 Å². The van der Waals surface area contributed by atoms with Crippen molar-refractivity contribution in [3.63, 3.8) is 0 Å². The summed E-state index contributed by atoms with van der Waals surface area (Å²) in [6.45, 7) is 0.784. The molecule has 0 radical (unpaired) electrons. The van der Waals surface area contributed by atoms with Crippen LogP contribution >= 0.6 is 0 Å². The van der Waals surface area contributed by atoms with Crippen LogP contribution in [-0.2, 0) is 20.0 Å². The van der Waals surface area contributed by atoms with Crippen molar-refractivity contribution >= 4 is 22.5 Å². The summed E-state index contributed by atoms with van der Waals surface area (Å²) in [4.78, 5) is 20.5. The zero-order valence-electron chi connectivity index (χ0n) is 18.1. The molecule has 0 fully saturated rings. The highest BCUT2D eigenvalue weighted by Gasteiger charge is 2.21. The second kappa shape index (κ2) is 8.05. The first kappa shape index (κ1) is 20.7. The molecule has 1 amide bonds. The molecule has 0 bridgehead atoms. The number of hydrogen-bond donors (Lipinski definition) is 2. The Hall–Kier alpha value is -4.21. The number of aryl methyl sites for hydroxylation is 1. The lowest BCUT2D eigenvalue weighted by Crippen LogP contribution is -2.11. The van der Waals surface area contributed by atoms with Gasteiger partial charge in [-0.15, -0.1) is 0 Å². The second-order valence-corrected chi connectivity index (χ2v) is 7.65. The summed E-state index contributed by atoms with van der Waals surface area (Å²) in [6.07, 6.45) is 3.98. The third-order valence-electron chi connectivity index (χ3n) is 5.74. The number of fused-ring (bicyclic) bond motifs is 2. The SMILES string of the molecule is COc1cc2c(-c3cc(C(N)=O)nn3C)cnc(NCc3c(F)ccc4c3CCO4)c2cn1. The quantitative estimate of drug-likeness (QED) is 0.466. The van der Waals surface area contributed by atoms with E-state index in [0.717, 1.165) is 16.5 Å². The number of pyridine rings is 2. The van der Waals surface area contributed by atoms with Gasteiger partial charge in [-0.05, 0) is 18.2 Å². The van der Waals surface area contributed by atoms with Crippen LogP contribution in [0.15, 0.2) is 36.7 Å². The van der Waals surface area contributed by atoms with E-state index in [0.29, 0.717) is 47.1 Å². The number of anilines is 1. The van der Waals surface area contributed by atoms with E-state index >= 15 is 0 Å². The van der Waals surface area contributed by atoms with Crippen molar-refractivity contribution in [2.45, 2.75) is 13.0 Å². The summed E-state index contributed by atoms with van der Waals surface area (Å²) in [5.74, 6) is 0.767. The molecule has 0 saturated heterocycles. The molecule has 1 aromatic carbocycles. The zero-order valence-corrected chi connectivity index (χ0v) is 18.1. The van der Waals surface area contributed by atoms with Crippen LogP contribution in [0.1, 0.15) is 21.6 Å². The third-order valence-corrected chi connectivity index (χ3v) is 5.74. The van der Waals surface area contributed by atoms with Crippen molar-refractivity contribution < 1.29 is 18.7 Å². The van der Waals surface area contributed by atoms with Crippen molar-refractivity contribution in [3.8, 4) is 22.9 Å². The van der Waals surface area contributed by atoms with Crippen LogP contribution in [0.5, 0.6) is 11.6 Å². The Morgan fingerprint density at radius 2 is 2.12 bits per heavy atom. The molecule has 4 aromatic rings. The highest BCUT2D eigenvalue weighted by atomic mass is 19.1. The minimum atomic E-state index is -0.618. The van der Waals surface area contributed by atoms with E-state index in [-0.39, 0.29) is 18.1 Å². The Morgan fingerprint density at radius 1 is 1.27 bits per heavy atom. The number of nitrogens with two attached hydrogens (primary N) is 1. The topological polar surface area (TPSA) is 117 Å². The molecule has 5 rings (SSSR count). The van der Waals surface area contributed by atoms with Crippen molar-refractivity contribution in [1.29, 1.82) is 0 Å². The normalized spacial score (nSPS) is 12.5. The number of carbonyl (C=O) groups excluding carboxylic acids is 1. The lowest BCUT2D eigenvalue weighted by atomic mass is 10.0. The Morgan fingerprint density at radius 3 is 2.88 bits per heavy atom. The van der Waals surface area contributed by atoms with Crippen LogP contribution in [0, 0.1) is 5.82 Å². The number of aromatic nitrogens is 4. The number of ether oxygens (including phenoxy) is 2. The minimum absolute atomic E-state index is 0.152. The predicted octanol–water partition coefficient (Wildman–Crippen LogP) is 2.82. The molecule has 3 aromatic heterocycles. The molecule has 33 heavy (non-hydrogen) atoms. The van der Waals surface area contributed by atoms with Gasteiger partial charge in [-0.2, -0.15) is 5.10 Å². The lowest BCUT2D eigenvalue weighted by molar-refractivity contribution is 0.0995. The largest absolute Gasteiger partial charge is 0.493 e. The van der Waals surface area contributed by atoms with Gasteiger partial charge in [0.2, 0.25) is 5.88 Å². The van der Waals surface area contributed by atoms with Gasteiger partial charge in [0.25, 0.3) is 5.91 Å². The third kappa shape index (κ3) is 3.59. The number of benzene rings is 1. The van der Waals surface area contributed by atoms with Gasteiger partial charge in [0, 0.05) is 65.9 Å². The molecular formula is C23H21FN6O3. The maximum Gasteiger partial charge on any atom is 0.269 e. The monoisotopic (exact) mass is 448 g/mol. The average Bonchev–Trinajstić information content (AvgIpc) is 3.44. The first-order valence-corrected chi connectivity index (χ1v) is 10.3. The van der Waals surface area contributed by atoms with Crippen LogP contribution < -0.4 is 20.5 Å². The molecule has 3 N–H and O–H groups in total. The molecule has 1 aliphatic heterocycles. The summed E-state index contributed by atoms with van der Waals surface area (Å²) in [5, 5.41) is 8.91. The lowest BCUT2D eigenvalue weighted by Gasteiger charge is -2.14. The first-order chi connectivity index (χ1) is 16.0. The maximum atomic E-state index is 14.6. The molecule has 4 heterocycles. The van der Waals surface area contributed by atoms with E-state index in [1.807, 2.05) is 0 Å². The summed E-state index contributed by atoms with van der Waals surface area (Å²) < 4.78 is 27.0. The Bertz CT molecular complexity index is 1400. The van der Waals surface area contributed by atoms with Gasteiger partial charge in [0.15, 0.2) is 5.69 Å². The van der Waals surface area contributed by atoms with Gasteiger partial charge in [0.05, 0.1) is 19.4 Å². The van der Waals surface area contributed by atoms with E-state index in [1.54, 1.807) is 42.3 Å². The summed E-state index contributed by atoms with van der Waals surface area (Å²) in [6, 6.07) is 6.47. The summed E-state index contributed by atoms with van der Waals surface area (Å²) in [7, 11) is 3.25. The Labute approximate surface area is 188 Å². The van der Waals surface area contributed by atoms with Crippen molar-refractivity contribution in [3.05, 3.63) is 59.3 Å². The number of carbonyl (C=O) groups is 1. The van der Waals surface area contributed by atoms with Crippen LogP contribution in [0.4, 0.5) is 10.2 Å². The molecule has 9 nitrogen and oxygen atoms in total. The molecule has 10 heteroatoms. The fraction of sp³-hybridized carbons (Fsp3) is 0.217. The Balaban J connectivity index is 1.58.